The number of rotatable bonds is 9. The lowest BCUT2D eigenvalue weighted by atomic mass is 10.2. The first kappa shape index (κ1) is 19.8. The SMILES string of the molecule is Fc1cccc(CN(CCCn2ccnc2)Cc2ccnn2C2CCCCO2)c1. The van der Waals surface area contributed by atoms with Crippen LogP contribution in [0.3, 0.4) is 0 Å². The van der Waals surface area contributed by atoms with Crippen molar-refractivity contribution in [3.05, 3.63) is 72.3 Å². The molecule has 0 amide bonds. The number of ether oxygens (including phenoxy) is 1. The fraction of sp³-hybridized carbons (Fsp3) is 0.455. The summed E-state index contributed by atoms with van der Waals surface area (Å²) in [6, 6.07) is 8.92. The van der Waals surface area contributed by atoms with Gasteiger partial charge in [-0.05, 0) is 49.4 Å². The molecule has 2 aromatic heterocycles. The molecule has 0 bridgehead atoms. The summed E-state index contributed by atoms with van der Waals surface area (Å²) >= 11 is 0. The maximum Gasteiger partial charge on any atom is 0.150 e. The minimum absolute atomic E-state index is 0.0238. The molecule has 7 heteroatoms. The Labute approximate surface area is 170 Å². The maximum atomic E-state index is 13.7. The third-order valence-electron chi connectivity index (χ3n) is 5.31. The zero-order valence-corrected chi connectivity index (χ0v) is 16.7. The molecule has 1 aromatic carbocycles. The van der Waals surface area contributed by atoms with Crippen LogP contribution in [0.4, 0.5) is 4.39 Å². The summed E-state index contributed by atoms with van der Waals surface area (Å²) < 4.78 is 23.7. The van der Waals surface area contributed by atoms with Crippen LogP contribution in [0.25, 0.3) is 0 Å². The van der Waals surface area contributed by atoms with Gasteiger partial charge in [0.05, 0.1) is 12.0 Å². The second-order valence-corrected chi connectivity index (χ2v) is 7.58. The number of nitrogens with zero attached hydrogens (tertiary/aromatic N) is 5. The summed E-state index contributed by atoms with van der Waals surface area (Å²) in [5.74, 6) is -0.193. The molecule has 154 valence electrons. The highest BCUT2D eigenvalue weighted by Crippen LogP contribution is 2.24. The number of halogens is 1. The van der Waals surface area contributed by atoms with Crippen LogP contribution in [0.1, 0.15) is 43.2 Å². The first-order chi connectivity index (χ1) is 14.3. The van der Waals surface area contributed by atoms with Gasteiger partial charge in [0.15, 0.2) is 6.23 Å². The maximum absolute atomic E-state index is 13.7. The Morgan fingerprint density at radius 1 is 1.17 bits per heavy atom. The molecule has 0 N–H and O–H groups in total. The summed E-state index contributed by atoms with van der Waals surface area (Å²) in [5, 5.41) is 4.53. The van der Waals surface area contributed by atoms with Gasteiger partial charge in [-0.2, -0.15) is 5.10 Å². The Morgan fingerprint density at radius 2 is 2.14 bits per heavy atom. The minimum atomic E-state index is -0.193. The van der Waals surface area contributed by atoms with Crippen molar-refractivity contribution < 1.29 is 9.13 Å². The van der Waals surface area contributed by atoms with Crippen molar-refractivity contribution in [2.75, 3.05) is 13.2 Å². The Hall–Kier alpha value is -2.51. The van der Waals surface area contributed by atoms with Crippen LogP contribution >= 0.6 is 0 Å². The lowest BCUT2D eigenvalue weighted by Crippen LogP contribution is -2.28. The van der Waals surface area contributed by atoms with Gasteiger partial charge in [-0.1, -0.05) is 12.1 Å². The predicted octanol–water partition coefficient (Wildman–Crippen LogP) is 4.01. The molecule has 0 aliphatic carbocycles. The van der Waals surface area contributed by atoms with Gasteiger partial charge in [0, 0.05) is 51.4 Å². The molecule has 6 nitrogen and oxygen atoms in total. The van der Waals surface area contributed by atoms with Crippen molar-refractivity contribution >= 4 is 0 Å². The van der Waals surface area contributed by atoms with E-state index in [1.165, 1.54) is 12.5 Å². The van der Waals surface area contributed by atoms with Gasteiger partial charge in [0.2, 0.25) is 0 Å². The molecule has 4 rings (SSSR count). The van der Waals surface area contributed by atoms with Gasteiger partial charge in [-0.25, -0.2) is 14.1 Å². The summed E-state index contributed by atoms with van der Waals surface area (Å²) in [6.45, 7) is 4.04. The summed E-state index contributed by atoms with van der Waals surface area (Å²) in [4.78, 5) is 6.45. The number of aromatic nitrogens is 4. The van der Waals surface area contributed by atoms with Crippen LogP contribution in [0, 0.1) is 5.82 Å². The third-order valence-corrected chi connectivity index (χ3v) is 5.31. The molecule has 3 heterocycles. The number of hydrogen-bond acceptors (Lipinski definition) is 4. The summed E-state index contributed by atoms with van der Waals surface area (Å²) in [5.41, 5.74) is 2.11. The zero-order chi connectivity index (χ0) is 19.9. The van der Waals surface area contributed by atoms with E-state index < -0.39 is 0 Å². The monoisotopic (exact) mass is 397 g/mol. The Balaban J connectivity index is 1.45. The first-order valence-corrected chi connectivity index (χ1v) is 10.3. The van der Waals surface area contributed by atoms with Crippen molar-refractivity contribution in [1.82, 2.24) is 24.2 Å². The lowest BCUT2D eigenvalue weighted by Gasteiger charge is -2.27. The zero-order valence-electron chi connectivity index (χ0n) is 16.7. The van der Waals surface area contributed by atoms with Crippen LogP contribution in [-0.2, 0) is 24.4 Å². The van der Waals surface area contributed by atoms with Crippen molar-refractivity contribution in [3.8, 4) is 0 Å². The predicted molar refractivity (Wildman–Crippen MR) is 108 cm³/mol. The Bertz CT molecular complexity index is 873. The van der Waals surface area contributed by atoms with Gasteiger partial charge >= 0.3 is 0 Å². The lowest BCUT2D eigenvalue weighted by molar-refractivity contribution is -0.0421. The van der Waals surface area contributed by atoms with Gasteiger partial charge < -0.3 is 9.30 Å². The first-order valence-electron chi connectivity index (χ1n) is 10.3. The molecule has 1 saturated heterocycles. The normalized spacial score (nSPS) is 17.1. The number of benzene rings is 1. The standard InChI is InChI=1S/C22H28FN5O/c23-20-6-3-5-19(15-20)16-27(12-4-11-26-13-10-24-18-26)17-21-8-9-25-28(21)22-7-1-2-14-29-22/h3,5-6,8-10,13,15,18,22H,1-2,4,7,11-12,14,16-17H2. The van der Waals surface area contributed by atoms with Crippen molar-refractivity contribution in [3.63, 3.8) is 0 Å². The molecule has 0 saturated carbocycles. The molecule has 1 fully saturated rings. The van der Waals surface area contributed by atoms with E-state index in [4.69, 9.17) is 4.74 Å². The van der Waals surface area contributed by atoms with E-state index in [2.05, 4.69) is 25.6 Å². The molecule has 1 atom stereocenters. The molecule has 29 heavy (non-hydrogen) atoms. The van der Waals surface area contributed by atoms with Crippen molar-refractivity contribution in [2.45, 2.75) is 51.5 Å². The highest BCUT2D eigenvalue weighted by atomic mass is 19.1. The highest BCUT2D eigenvalue weighted by molar-refractivity contribution is 5.16. The van der Waals surface area contributed by atoms with E-state index in [0.29, 0.717) is 6.54 Å². The van der Waals surface area contributed by atoms with Crippen LogP contribution in [0.5, 0.6) is 0 Å². The van der Waals surface area contributed by atoms with Gasteiger partial charge in [0.25, 0.3) is 0 Å². The van der Waals surface area contributed by atoms with Crippen LogP contribution in [-0.4, -0.2) is 37.4 Å². The molecule has 3 aromatic rings. The van der Waals surface area contributed by atoms with E-state index in [1.807, 2.05) is 29.5 Å². The minimum Gasteiger partial charge on any atom is -0.357 e. The fourth-order valence-electron chi connectivity index (χ4n) is 3.88. The molecule has 1 unspecified atom stereocenters. The molecule has 1 aliphatic heterocycles. The molecule has 0 spiro atoms. The van der Waals surface area contributed by atoms with E-state index in [9.17, 15) is 4.39 Å². The van der Waals surface area contributed by atoms with Crippen LogP contribution in [0.15, 0.2) is 55.2 Å². The van der Waals surface area contributed by atoms with Crippen molar-refractivity contribution in [1.29, 1.82) is 0 Å². The molecule has 1 aliphatic rings. The van der Waals surface area contributed by atoms with Gasteiger partial charge in [-0.15, -0.1) is 0 Å². The molecular formula is C22H28FN5O. The highest BCUT2D eigenvalue weighted by Gasteiger charge is 2.20. The van der Waals surface area contributed by atoms with E-state index >= 15 is 0 Å². The fourth-order valence-corrected chi connectivity index (χ4v) is 3.88. The average Bonchev–Trinajstić information content (AvgIpc) is 3.41. The largest absolute Gasteiger partial charge is 0.357 e. The quantitative estimate of drug-likeness (QED) is 0.547. The van der Waals surface area contributed by atoms with Crippen LogP contribution < -0.4 is 0 Å². The van der Waals surface area contributed by atoms with Gasteiger partial charge in [-0.3, -0.25) is 4.90 Å². The molecule has 0 radical (unpaired) electrons. The summed E-state index contributed by atoms with van der Waals surface area (Å²) in [6.07, 6.45) is 11.8. The molecular weight excluding hydrogens is 369 g/mol. The van der Waals surface area contributed by atoms with Gasteiger partial charge in [0.1, 0.15) is 5.82 Å². The second kappa shape index (κ2) is 9.80. The Morgan fingerprint density at radius 3 is 2.93 bits per heavy atom. The van der Waals surface area contributed by atoms with Crippen LogP contribution in [0.2, 0.25) is 0 Å². The second-order valence-electron chi connectivity index (χ2n) is 7.58. The van der Waals surface area contributed by atoms with E-state index in [0.717, 1.165) is 56.8 Å². The average molecular weight is 397 g/mol. The van der Waals surface area contributed by atoms with Crippen molar-refractivity contribution in [2.24, 2.45) is 0 Å². The van der Waals surface area contributed by atoms with E-state index in [1.54, 1.807) is 18.3 Å². The van der Waals surface area contributed by atoms with E-state index in [-0.39, 0.29) is 12.0 Å². The smallest absolute Gasteiger partial charge is 0.150 e. The topological polar surface area (TPSA) is 48.1 Å². The number of hydrogen-bond donors (Lipinski definition) is 0. The summed E-state index contributed by atoms with van der Waals surface area (Å²) in [7, 11) is 0. The third kappa shape index (κ3) is 5.52. The number of aryl methyl sites for hydroxylation is 1. The Kier molecular flexibility index (Phi) is 6.69. The number of imidazole rings is 1.